The number of nitrogens with zero attached hydrogens (tertiary/aromatic N) is 2. The Labute approximate surface area is 76.7 Å². The van der Waals surface area contributed by atoms with Crippen molar-refractivity contribution in [2.45, 2.75) is 33.2 Å². The van der Waals surface area contributed by atoms with Crippen LogP contribution in [0, 0.1) is 0 Å². The van der Waals surface area contributed by atoms with E-state index < -0.39 is 0 Å². The molecule has 1 aliphatic heterocycles. The van der Waals surface area contributed by atoms with Crippen LogP contribution < -0.4 is 0 Å². The molecule has 2 heteroatoms. The quantitative estimate of drug-likeness (QED) is 0.582. The van der Waals surface area contributed by atoms with Crippen LogP contribution in [0.15, 0.2) is 0 Å². The summed E-state index contributed by atoms with van der Waals surface area (Å²) in [6, 6.07) is 0.870. The standard InChI is InChI=1S/C10H23N2/c1-5-10-8-11(6-2)9-12(10,4)7-3/h10H,5-9H2,1-4H3/q+1/t10?,12-/m0/s1. The zero-order valence-corrected chi connectivity index (χ0v) is 9.01. The van der Waals surface area contributed by atoms with Gasteiger partial charge in [0, 0.05) is 6.54 Å². The highest BCUT2D eigenvalue weighted by Crippen LogP contribution is 2.22. The number of likely N-dealkylation sites (N-methyl/N-ethyl adjacent to an activating group) is 2. The van der Waals surface area contributed by atoms with Gasteiger partial charge in [-0.1, -0.05) is 13.8 Å². The molecule has 0 aromatic carbocycles. The first-order valence-corrected chi connectivity index (χ1v) is 5.22. The maximum atomic E-state index is 2.57. The predicted molar refractivity (Wildman–Crippen MR) is 52.9 cm³/mol. The van der Waals surface area contributed by atoms with E-state index in [2.05, 4.69) is 32.7 Å². The zero-order valence-electron chi connectivity index (χ0n) is 9.01. The van der Waals surface area contributed by atoms with Crippen LogP contribution in [0.3, 0.4) is 0 Å². The first kappa shape index (κ1) is 10.0. The van der Waals surface area contributed by atoms with E-state index in [1.165, 1.54) is 37.2 Å². The molecule has 1 saturated heterocycles. The molecule has 12 heavy (non-hydrogen) atoms. The fourth-order valence-electron chi connectivity index (χ4n) is 2.28. The Kier molecular flexibility index (Phi) is 3.13. The molecule has 0 bridgehead atoms. The molecule has 0 aromatic heterocycles. The molecule has 1 aliphatic rings. The summed E-state index contributed by atoms with van der Waals surface area (Å²) >= 11 is 0. The molecule has 0 aromatic rings. The molecule has 72 valence electrons. The Morgan fingerprint density at radius 1 is 1.33 bits per heavy atom. The lowest BCUT2D eigenvalue weighted by Gasteiger charge is -2.33. The third kappa shape index (κ3) is 1.64. The van der Waals surface area contributed by atoms with Crippen molar-refractivity contribution in [3.05, 3.63) is 0 Å². The Morgan fingerprint density at radius 3 is 2.33 bits per heavy atom. The highest BCUT2D eigenvalue weighted by atomic mass is 15.5. The Morgan fingerprint density at radius 2 is 2.00 bits per heavy atom. The van der Waals surface area contributed by atoms with E-state index in [0.29, 0.717) is 0 Å². The highest BCUT2D eigenvalue weighted by molar-refractivity contribution is 4.69. The lowest BCUT2D eigenvalue weighted by atomic mass is 10.2. The van der Waals surface area contributed by atoms with Gasteiger partial charge in [0.2, 0.25) is 0 Å². The summed E-state index contributed by atoms with van der Waals surface area (Å²) in [5.74, 6) is 0. The number of rotatable bonds is 3. The predicted octanol–water partition coefficient (Wildman–Crippen LogP) is 1.52. The van der Waals surface area contributed by atoms with E-state index in [1.54, 1.807) is 0 Å². The monoisotopic (exact) mass is 171 g/mol. The van der Waals surface area contributed by atoms with E-state index in [1.807, 2.05) is 0 Å². The van der Waals surface area contributed by atoms with E-state index in [0.717, 1.165) is 6.04 Å². The second kappa shape index (κ2) is 3.75. The summed E-state index contributed by atoms with van der Waals surface area (Å²) in [6.07, 6.45) is 1.32. The van der Waals surface area contributed by atoms with Crippen molar-refractivity contribution < 1.29 is 4.48 Å². The summed E-state index contributed by atoms with van der Waals surface area (Å²) < 4.78 is 1.25. The van der Waals surface area contributed by atoms with Crippen LogP contribution in [0.2, 0.25) is 0 Å². The first-order valence-electron chi connectivity index (χ1n) is 5.22. The zero-order chi connectivity index (χ0) is 9.19. The molecule has 2 atom stereocenters. The topological polar surface area (TPSA) is 3.24 Å². The van der Waals surface area contributed by atoms with Gasteiger partial charge in [-0.2, -0.15) is 0 Å². The average molecular weight is 171 g/mol. The van der Waals surface area contributed by atoms with Gasteiger partial charge in [-0.25, -0.2) is 0 Å². The van der Waals surface area contributed by atoms with Gasteiger partial charge in [0.1, 0.15) is 12.7 Å². The molecule has 0 aliphatic carbocycles. The first-order chi connectivity index (χ1) is 5.66. The van der Waals surface area contributed by atoms with Gasteiger partial charge in [0.25, 0.3) is 0 Å². The minimum absolute atomic E-state index is 0.870. The van der Waals surface area contributed by atoms with Crippen molar-refractivity contribution in [2.75, 3.05) is 33.4 Å². The van der Waals surface area contributed by atoms with Crippen molar-refractivity contribution in [1.82, 2.24) is 4.90 Å². The Hall–Kier alpha value is -0.0800. The third-order valence-corrected chi connectivity index (χ3v) is 3.51. The van der Waals surface area contributed by atoms with Crippen LogP contribution in [-0.4, -0.2) is 48.8 Å². The summed E-state index contributed by atoms with van der Waals surface area (Å²) in [5, 5.41) is 0. The van der Waals surface area contributed by atoms with E-state index in [-0.39, 0.29) is 0 Å². The molecule has 1 unspecified atom stereocenters. The molecule has 2 nitrogen and oxygen atoms in total. The van der Waals surface area contributed by atoms with Gasteiger partial charge in [-0.05, 0) is 13.3 Å². The summed E-state index contributed by atoms with van der Waals surface area (Å²) in [7, 11) is 2.39. The summed E-state index contributed by atoms with van der Waals surface area (Å²) in [5.41, 5.74) is 0. The maximum absolute atomic E-state index is 2.57. The molecular formula is C10H23N2+. The molecule has 1 rings (SSSR count). The number of quaternary nitrogens is 1. The normalized spacial score (nSPS) is 37.5. The van der Waals surface area contributed by atoms with Crippen LogP contribution in [0.25, 0.3) is 0 Å². The molecular weight excluding hydrogens is 148 g/mol. The highest BCUT2D eigenvalue weighted by Gasteiger charge is 2.38. The van der Waals surface area contributed by atoms with E-state index in [9.17, 15) is 0 Å². The van der Waals surface area contributed by atoms with Gasteiger partial charge >= 0.3 is 0 Å². The van der Waals surface area contributed by atoms with Gasteiger partial charge in [0.05, 0.1) is 20.1 Å². The molecule has 0 radical (unpaired) electrons. The number of hydrogen-bond acceptors (Lipinski definition) is 1. The second-order valence-electron chi connectivity index (χ2n) is 4.17. The van der Waals surface area contributed by atoms with Gasteiger partial charge in [-0.3, -0.25) is 4.90 Å². The minimum atomic E-state index is 0.870. The van der Waals surface area contributed by atoms with Gasteiger partial charge in [0.15, 0.2) is 0 Å². The maximum Gasteiger partial charge on any atom is 0.135 e. The minimum Gasteiger partial charge on any atom is -0.310 e. The molecule has 0 N–H and O–H groups in total. The molecule has 0 saturated carbocycles. The smallest absolute Gasteiger partial charge is 0.135 e. The largest absolute Gasteiger partial charge is 0.310 e. The molecule has 1 fully saturated rings. The molecule has 0 spiro atoms. The molecule has 1 heterocycles. The number of hydrogen-bond donors (Lipinski definition) is 0. The average Bonchev–Trinajstić information content (AvgIpc) is 2.43. The van der Waals surface area contributed by atoms with Crippen molar-refractivity contribution in [3.8, 4) is 0 Å². The third-order valence-electron chi connectivity index (χ3n) is 3.51. The lowest BCUT2D eigenvalue weighted by Crippen LogP contribution is -2.48. The summed E-state index contributed by atoms with van der Waals surface area (Å²) in [6.45, 7) is 11.9. The fourth-order valence-corrected chi connectivity index (χ4v) is 2.28. The lowest BCUT2D eigenvalue weighted by molar-refractivity contribution is -0.922. The van der Waals surface area contributed by atoms with E-state index in [4.69, 9.17) is 0 Å². The van der Waals surface area contributed by atoms with Crippen molar-refractivity contribution >= 4 is 0 Å². The van der Waals surface area contributed by atoms with Crippen molar-refractivity contribution in [2.24, 2.45) is 0 Å². The SMILES string of the molecule is CCC1CN(CC)C[N@+]1(C)CC. The second-order valence-corrected chi connectivity index (χ2v) is 4.17. The van der Waals surface area contributed by atoms with Crippen molar-refractivity contribution in [1.29, 1.82) is 0 Å². The Balaban J connectivity index is 2.62. The van der Waals surface area contributed by atoms with Gasteiger partial charge < -0.3 is 4.48 Å². The fraction of sp³-hybridized carbons (Fsp3) is 1.00. The van der Waals surface area contributed by atoms with Crippen LogP contribution in [-0.2, 0) is 0 Å². The van der Waals surface area contributed by atoms with Crippen LogP contribution in [0.1, 0.15) is 27.2 Å². The van der Waals surface area contributed by atoms with Crippen molar-refractivity contribution in [3.63, 3.8) is 0 Å². The van der Waals surface area contributed by atoms with E-state index >= 15 is 0 Å². The van der Waals surface area contributed by atoms with Gasteiger partial charge in [-0.15, -0.1) is 0 Å². The molecule has 0 amide bonds. The Bertz CT molecular complexity index is 147. The van der Waals surface area contributed by atoms with Crippen LogP contribution >= 0.6 is 0 Å². The van der Waals surface area contributed by atoms with Crippen LogP contribution in [0.5, 0.6) is 0 Å². The van der Waals surface area contributed by atoms with Crippen LogP contribution in [0.4, 0.5) is 0 Å². The summed E-state index contributed by atoms with van der Waals surface area (Å²) in [4.78, 5) is 2.57.